The number of hydrogen-bond donors (Lipinski definition) is 0. The highest BCUT2D eigenvalue weighted by molar-refractivity contribution is 5.90. The molecule has 1 aromatic carbocycles. The standard InChI is InChI=1S/C19H25N3O3/c1-13-17(11-20-22(13)3)19(23)25-12-15-9-10-21(2)18(15)14-5-7-16(24-4)8-6-14/h5-8,11,15,18H,9-10,12H2,1-4H3/t15-,18+/m0/s1. The number of carbonyl (C=O) groups excluding carboxylic acids is 1. The van der Waals surface area contributed by atoms with Gasteiger partial charge >= 0.3 is 5.97 Å². The predicted molar refractivity (Wildman–Crippen MR) is 94.7 cm³/mol. The number of aryl methyl sites for hydroxylation is 1. The molecule has 134 valence electrons. The Hall–Kier alpha value is -2.34. The molecule has 0 spiro atoms. The molecule has 1 aromatic heterocycles. The van der Waals surface area contributed by atoms with E-state index in [1.807, 2.05) is 26.1 Å². The van der Waals surface area contributed by atoms with E-state index in [-0.39, 0.29) is 17.9 Å². The average molecular weight is 343 g/mol. The summed E-state index contributed by atoms with van der Waals surface area (Å²) in [7, 11) is 5.60. The number of likely N-dealkylation sites (tertiary alicyclic amines) is 1. The predicted octanol–water partition coefficient (Wildman–Crippen LogP) is 2.59. The van der Waals surface area contributed by atoms with E-state index in [1.54, 1.807) is 18.0 Å². The first-order valence-corrected chi connectivity index (χ1v) is 8.51. The van der Waals surface area contributed by atoms with Crippen LogP contribution in [0, 0.1) is 12.8 Å². The van der Waals surface area contributed by atoms with Crippen LogP contribution in [-0.4, -0.2) is 48.0 Å². The smallest absolute Gasteiger partial charge is 0.341 e. The van der Waals surface area contributed by atoms with Crippen molar-refractivity contribution in [3.8, 4) is 5.75 Å². The zero-order valence-electron chi connectivity index (χ0n) is 15.2. The van der Waals surface area contributed by atoms with Gasteiger partial charge in [-0.2, -0.15) is 5.10 Å². The molecule has 0 radical (unpaired) electrons. The Bertz CT molecular complexity index is 739. The van der Waals surface area contributed by atoms with Crippen molar-refractivity contribution in [2.45, 2.75) is 19.4 Å². The summed E-state index contributed by atoms with van der Waals surface area (Å²) in [6.45, 7) is 3.27. The van der Waals surface area contributed by atoms with Crippen molar-refractivity contribution >= 4 is 5.97 Å². The monoisotopic (exact) mass is 343 g/mol. The van der Waals surface area contributed by atoms with E-state index in [0.29, 0.717) is 12.2 Å². The van der Waals surface area contributed by atoms with Crippen LogP contribution in [0.25, 0.3) is 0 Å². The van der Waals surface area contributed by atoms with Crippen molar-refractivity contribution in [2.24, 2.45) is 13.0 Å². The molecule has 1 fully saturated rings. The van der Waals surface area contributed by atoms with Crippen molar-refractivity contribution in [1.29, 1.82) is 0 Å². The van der Waals surface area contributed by atoms with E-state index in [4.69, 9.17) is 9.47 Å². The van der Waals surface area contributed by atoms with Crippen LogP contribution in [0.5, 0.6) is 5.75 Å². The fourth-order valence-corrected chi connectivity index (χ4v) is 3.49. The van der Waals surface area contributed by atoms with E-state index < -0.39 is 0 Å². The van der Waals surface area contributed by atoms with E-state index in [2.05, 4.69) is 29.2 Å². The molecule has 0 bridgehead atoms. The van der Waals surface area contributed by atoms with Crippen molar-refractivity contribution in [3.05, 3.63) is 47.3 Å². The number of hydrogen-bond acceptors (Lipinski definition) is 5. The highest BCUT2D eigenvalue weighted by Gasteiger charge is 2.34. The third-order valence-corrected chi connectivity index (χ3v) is 5.11. The van der Waals surface area contributed by atoms with Crippen LogP contribution >= 0.6 is 0 Å². The van der Waals surface area contributed by atoms with Crippen LogP contribution in [-0.2, 0) is 11.8 Å². The highest BCUT2D eigenvalue weighted by atomic mass is 16.5. The van der Waals surface area contributed by atoms with Crippen molar-refractivity contribution in [3.63, 3.8) is 0 Å². The fraction of sp³-hybridized carbons (Fsp3) is 0.474. The van der Waals surface area contributed by atoms with Crippen molar-refractivity contribution < 1.29 is 14.3 Å². The normalized spacial score (nSPS) is 20.6. The summed E-state index contributed by atoms with van der Waals surface area (Å²) < 4.78 is 12.5. The van der Waals surface area contributed by atoms with Gasteiger partial charge in [0.25, 0.3) is 0 Å². The largest absolute Gasteiger partial charge is 0.497 e. The summed E-state index contributed by atoms with van der Waals surface area (Å²) in [5.41, 5.74) is 2.58. The second kappa shape index (κ2) is 7.27. The molecule has 1 aliphatic rings. The fourth-order valence-electron chi connectivity index (χ4n) is 3.49. The van der Waals surface area contributed by atoms with Crippen molar-refractivity contribution in [1.82, 2.24) is 14.7 Å². The molecule has 0 amide bonds. The lowest BCUT2D eigenvalue weighted by molar-refractivity contribution is 0.0411. The zero-order valence-corrected chi connectivity index (χ0v) is 15.2. The first kappa shape index (κ1) is 17.5. The Kier molecular flexibility index (Phi) is 5.08. The molecule has 0 unspecified atom stereocenters. The Morgan fingerprint density at radius 2 is 2.00 bits per heavy atom. The molecule has 1 saturated heterocycles. The van der Waals surface area contributed by atoms with Gasteiger partial charge in [-0.05, 0) is 44.6 Å². The van der Waals surface area contributed by atoms with Crippen LogP contribution in [0.1, 0.15) is 34.1 Å². The quantitative estimate of drug-likeness (QED) is 0.781. The molecule has 2 heterocycles. The minimum absolute atomic E-state index is 0.244. The number of benzene rings is 1. The molecule has 0 saturated carbocycles. The number of carbonyl (C=O) groups is 1. The van der Waals surface area contributed by atoms with Gasteiger partial charge in [0.1, 0.15) is 11.3 Å². The Morgan fingerprint density at radius 1 is 1.28 bits per heavy atom. The van der Waals surface area contributed by atoms with Crippen molar-refractivity contribution in [2.75, 3.05) is 27.3 Å². The molecule has 25 heavy (non-hydrogen) atoms. The van der Waals surface area contributed by atoms with Gasteiger partial charge in [0, 0.05) is 24.7 Å². The van der Waals surface area contributed by atoms with Gasteiger partial charge in [0.05, 0.1) is 19.9 Å². The summed E-state index contributed by atoms with van der Waals surface area (Å²) in [4.78, 5) is 14.7. The van der Waals surface area contributed by atoms with Crippen LogP contribution in [0.15, 0.2) is 30.5 Å². The molecule has 2 atom stereocenters. The van der Waals surface area contributed by atoms with E-state index in [9.17, 15) is 4.79 Å². The molecule has 1 aliphatic heterocycles. The first-order valence-electron chi connectivity index (χ1n) is 8.51. The van der Waals surface area contributed by atoms with Gasteiger partial charge in [-0.15, -0.1) is 0 Å². The van der Waals surface area contributed by atoms with E-state index >= 15 is 0 Å². The lowest BCUT2D eigenvalue weighted by atomic mass is 9.94. The minimum Gasteiger partial charge on any atom is -0.497 e. The van der Waals surface area contributed by atoms with Gasteiger partial charge in [-0.1, -0.05) is 12.1 Å². The van der Waals surface area contributed by atoms with Gasteiger partial charge in [-0.25, -0.2) is 4.79 Å². The second-order valence-electron chi connectivity index (χ2n) is 6.61. The number of esters is 1. The average Bonchev–Trinajstić information content (AvgIpc) is 3.16. The SMILES string of the molecule is COc1ccc([C@@H]2[C@H](COC(=O)c3cnn(C)c3C)CCN2C)cc1. The first-order chi connectivity index (χ1) is 12.0. The highest BCUT2D eigenvalue weighted by Crippen LogP contribution is 2.37. The number of rotatable bonds is 5. The van der Waals surface area contributed by atoms with Crippen LogP contribution < -0.4 is 4.74 Å². The maximum absolute atomic E-state index is 12.3. The Morgan fingerprint density at radius 3 is 2.60 bits per heavy atom. The topological polar surface area (TPSA) is 56.6 Å². The van der Waals surface area contributed by atoms with Crippen LogP contribution in [0.4, 0.5) is 0 Å². The van der Waals surface area contributed by atoms with E-state index in [1.165, 1.54) is 5.56 Å². The molecular weight excluding hydrogens is 318 g/mol. The second-order valence-corrected chi connectivity index (χ2v) is 6.61. The minimum atomic E-state index is -0.298. The number of methoxy groups -OCH3 is 1. The van der Waals surface area contributed by atoms with E-state index in [0.717, 1.165) is 24.4 Å². The van der Waals surface area contributed by atoms with Gasteiger partial charge in [0.2, 0.25) is 0 Å². The number of nitrogens with zero attached hydrogens (tertiary/aromatic N) is 3. The summed E-state index contributed by atoms with van der Waals surface area (Å²) in [5.74, 6) is 0.826. The lowest BCUT2D eigenvalue weighted by Crippen LogP contribution is -2.24. The molecule has 2 aromatic rings. The summed E-state index contributed by atoms with van der Waals surface area (Å²) in [6, 6.07) is 8.37. The molecule has 0 N–H and O–H groups in total. The molecule has 0 aliphatic carbocycles. The van der Waals surface area contributed by atoms with Crippen LogP contribution in [0.3, 0.4) is 0 Å². The number of ether oxygens (including phenoxy) is 2. The maximum Gasteiger partial charge on any atom is 0.341 e. The molecular formula is C19H25N3O3. The summed E-state index contributed by atoms with van der Waals surface area (Å²) in [5, 5.41) is 4.10. The number of aromatic nitrogens is 2. The van der Waals surface area contributed by atoms with Gasteiger partial charge in [0.15, 0.2) is 0 Å². The molecule has 6 nitrogen and oxygen atoms in total. The third kappa shape index (κ3) is 3.54. The molecule has 6 heteroatoms. The third-order valence-electron chi connectivity index (χ3n) is 5.11. The maximum atomic E-state index is 12.3. The Balaban J connectivity index is 1.68. The summed E-state index contributed by atoms with van der Waals surface area (Å²) >= 11 is 0. The lowest BCUT2D eigenvalue weighted by Gasteiger charge is -2.25. The molecule has 3 rings (SSSR count). The van der Waals surface area contributed by atoms with Crippen LogP contribution in [0.2, 0.25) is 0 Å². The summed E-state index contributed by atoms with van der Waals surface area (Å²) in [6.07, 6.45) is 2.58. The zero-order chi connectivity index (χ0) is 18.0. The Labute approximate surface area is 148 Å². The van der Waals surface area contributed by atoms with Gasteiger partial charge in [-0.3, -0.25) is 9.58 Å². The van der Waals surface area contributed by atoms with Gasteiger partial charge < -0.3 is 9.47 Å².